The van der Waals surface area contributed by atoms with Gasteiger partial charge < -0.3 is 14.8 Å². The molecule has 2 aromatic rings. The number of carboxylic acids is 1. The normalized spacial score (nSPS) is 17.5. The molecule has 0 N–H and O–H groups in total. The van der Waals surface area contributed by atoms with Crippen molar-refractivity contribution >= 4 is 23.6 Å². The van der Waals surface area contributed by atoms with E-state index in [1.807, 2.05) is 19.2 Å². The van der Waals surface area contributed by atoms with Crippen LogP contribution in [-0.4, -0.2) is 19.2 Å². The maximum atomic E-state index is 10.9. The Balaban J connectivity index is 1.90. The van der Waals surface area contributed by atoms with Crippen molar-refractivity contribution in [1.82, 2.24) is 0 Å². The van der Waals surface area contributed by atoms with Crippen LogP contribution in [0.5, 0.6) is 0 Å². The van der Waals surface area contributed by atoms with Gasteiger partial charge in [-0.1, -0.05) is 44.2 Å². The minimum absolute atomic E-state index is 0.107. The predicted molar refractivity (Wildman–Crippen MR) is 94.9 cm³/mol. The lowest BCUT2D eigenvalue weighted by atomic mass is 9.84. The SMILES string of the molecule is CN1/C(=C\C=Nc2cccc(C(=O)[O-])c2)C(C)(C)c2ccccc21. The lowest BCUT2D eigenvalue weighted by Gasteiger charge is -2.23. The van der Waals surface area contributed by atoms with Gasteiger partial charge in [-0.05, 0) is 35.4 Å². The lowest BCUT2D eigenvalue weighted by Crippen LogP contribution is -2.23. The van der Waals surface area contributed by atoms with Crippen LogP contribution in [0.15, 0.2) is 65.3 Å². The Morgan fingerprint density at radius 1 is 1.17 bits per heavy atom. The fraction of sp³-hybridized carbons (Fsp3) is 0.200. The van der Waals surface area contributed by atoms with Gasteiger partial charge in [0.05, 0.1) is 11.7 Å². The number of hydrogen-bond acceptors (Lipinski definition) is 4. The molecule has 2 aromatic carbocycles. The van der Waals surface area contributed by atoms with Gasteiger partial charge >= 0.3 is 0 Å². The fourth-order valence-electron chi connectivity index (χ4n) is 3.21. The lowest BCUT2D eigenvalue weighted by molar-refractivity contribution is -0.255. The summed E-state index contributed by atoms with van der Waals surface area (Å²) >= 11 is 0. The standard InChI is InChI=1S/C20H20N2O2/c1-20(2)16-9-4-5-10-17(16)22(3)18(20)11-12-21-15-8-6-7-14(13-15)19(23)24/h4-13H,1-3H3,(H,23,24)/p-1/b18-11-,21-12?. The molecule has 0 saturated heterocycles. The average Bonchev–Trinajstić information content (AvgIpc) is 2.76. The van der Waals surface area contributed by atoms with E-state index < -0.39 is 5.97 Å². The van der Waals surface area contributed by atoms with Gasteiger partial charge in [-0.3, -0.25) is 4.99 Å². The predicted octanol–water partition coefficient (Wildman–Crippen LogP) is 3.06. The summed E-state index contributed by atoms with van der Waals surface area (Å²) < 4.78 is 0. The number of carbonyl (C=O) groups excluding carboxylic acids is 1. The average molecular weight is 319 g/mol. The number of nitrogens with zero attached hydrogens (tertiary/aromatic N) is 2. The van der Waals surface area contributed by atoms with Crippen molar-refractivity contribution in [3.8, 4) is 0 Å². The van der Waals surface area contributed by atoms with E-state index in [1.54, 1.807) is 18.3 Å². The summed E-state index contributed by atoms with van der Waals surface area (Å²) in [6.45, 7) is 4.37. The number of fused-ring (bicyclic) bond motifs is 1. The highest BCUT2D eigenvalue weighted by atomic mass is 16.4. The molecule has 1 aliphatic rings. The first-order chi connectivity index (χ1) is 11.4. The Labute approximate surface area is 141 Å². The molecule has 122 valence electrons. The maximum absolute atomic E-state index is 10.9. The Morgan fingerprint density at radius 3 is 2.62 bits per heavy atom. The van der Waals surface area contributed by atoms with Crippen molar-refractivity contribution in [2.75, 3.05) is 11.9 Å². The first-order valence-electron chi connectivity index (χ1n) is 7.81. The second kappa shape index (κ2) is 5.96. The molecule has 0 atom stereocenters. The monoisotopic (exact) mass is 319 g/mol. The number of aliphatic imine (C=N–C) groups is 1. The largest absolute Gasteiger partial charge is 0.545 e. The van der Waals surface area contributed by atoms with Crippen LogP contribution in [0.25, 0.3) is 0 Å². The highest BCUT2D eigenvalue weighted by molar-refractivity contribution is 5.87. The zero-order valence-electron chi connectivity index (χ0n) is 14.0. The zero-order valence-corrected chi connectivity index (χ0v) is 14.0. The molecule has 0 spiro atoms. The molecule has 0 bridgehead atoms. The maximum Gasteiger partial charge on any atom is 0.0716 e. The van der Waals surface area contributed by atoms with Crippen LogP contribution in [0.4, 0.5) is 11.4 Å². The summed E-state index contributed by atoms with van der Waals surface area (Å²) in [5.74, 6) is -1.20. The number of hydrogen-bond donors (Lipinski definition) is 0. The number of likely N-dealkylation sites (N-methyl/N-ethyl adjacent to an activating group) is 1. The molecule has 0 unspecified atom stereocenters. The van der Waals surface area contributed by atoms with E-state index >= 15 is 0 Å². The molecule has 1 aliphatic heterocycles. The molecule has 0 fully saturated rings. The van der Waals surface area contributed by atoms with Crippen LogP contribution in [0.3, 0.4) is 0 Å². The number of carboxylic acid groups (broad SMARTS) is 1. The summed E-state index contributed by atoms with van der Waals surface area (Å²) in [5.41, 5.74) is 4.23. The Hall–Kier alpha value is -2.88. The van der Waals surface area contributed by atoms with Gasteiger partial charge in [-0.2, -0.15) is 0 Å². The van der Waals surface area contributed by atoms with Gasteiger partial charge in [0.25, 0.3) is 0 Å². The molecule has 0 radical (unpaired) electrons. The molecular formula is C20H19N2O2-. The van der Waals surface area contributed by atoms with E-state index in [0.717, 1.165) is 5.70 Å². The van der Waals surface area contributed by atoms with Gasteiger partial charge in [-0.25, -0.2) is 0 Å². The van der Waals surface area contributed by atoms with E-state index in [9.17, 15) is 9.90 Å². The van der Waals surface area contributed by atoms with E-state index in [1.165, 1.54) is 23.4 Å². The number of rotatable bonds is 3. The highest BCUT2D eigenvalue weighted by Crippen LogP contribution is 2.46. The number of aromatic carboxylic acids is 1. The van der Waals surface area contributed by atoms with Crippen molar-refractivity contribution in [3.05, 3.63) is 71.4 Å². The quantitative estimate of drug-likeness (QED) is 0.817. The summed E-state index contributed by atoms with van der Waals surface area (Å²) in [6, 6.07) is 14.8. The van der Waals surface area contributed by atoms with Crippen molar-refractivity contribution in [2.24, 2.45) is 4.99 Å². The van der Waals surface area contributed by atoms with Crippen molar-refractivity contribution < 1.29 is 9.90 Å². The van der Waals surface area contributed by atoms with Gasteiger partial charge in [-0.15, -0.1) is 0 Å². The van der Waals surface area contributed by atoms with E-state index in [4.69, 9.17) is 0 Å². The van der Waals surface area contributed by atoms with Gasteiger partial charge in [0.1, 0.15) is 0 Å². The first-order valence-corrected chi connectivity index (χ1v) is 7.81. The third kappa shape index (κ3) is 2.71. The van der Waals surface area contributed by atoms with E-state index in [0.29, 0.717) is 5.69 Å². The summed E-state index contributed by atoms with van der Waals surface area (Å²) in [6.07, 6.45) is 3.69. The van der Waals surface area contributed by atoms with Crippen molar-refractivity contribution in [1.29, 1.82) is 0 Å². The number of allylic oxidation sites excluding steroid dienone is 2. The van der Waals surface area contributed by atoms with Crippen molar-refractivity contribution in [3.63, 3.8) is 0 Å². The third-order valence-corrected chi connectivity index (χ3v) is 4.48. The Bertz CT molecular complexity index is 850. The molecule has 4 nitrogen and oxygen atoms in total. The molecule has 0 aromatic heterocycles. The van der Waals surface area contributed by atoms with E-state index in [-0.39, 0.29) is 11.0 Å². The highest BCUT2D eigenvalue weighted by Gasteiger charge is 2.37. The minimum Gasteiger partial charge on any atom is -0.545 e. The van der Waals surface area contributed by atoms with Crippen LogP contribution in [0.2, 0.25) is 0 Å². The second-order valence-electron chi connectivity index (χ2n) is 6.37. The smallest absolute Gasteiger partial charge is 0.0716 e. The van der Waals surface area contributed by atoms with Crippen LogP contribution < -0.4 is 10.0 Å². The molecule has 24 heavy (non-hydrogen) atoms. The molecule has 0 aliphatic carbocycles. The summed E-state index contributed by atoms with van der Waals surface area (Å²) in [7, 11) is 2.05. The third-order valence-electron chi connectivity index (χ3n) is 4.48. The minimum atomic E-state index is -1.20. The van der Waals surface area contributed by atoms with Crippen LogP contribution in [-0.2, 0) is 5.41 Å². The van der Waals surface area contributed by atoms with E-state index in [2.05, 4.69) is 41.9 Å². The fourth-order valence-corrected chi connectivity index (χ4v) is 3.21. The Morgan fingerprint density at radius 2 is 1.92 bits per heavy atom. The summed E-state index contributed by atoms with van der Waals surface area (Å²) in [4.78, 5) is 17.4. The number of carbonyl (C=O) groups is 1. The second-order valence-corrected chi connectivity index (χ2v) is 6.37. The number of para-hydroxylation sites is 1. The molecular weight excluding hydrogens is 300 g/mol. The topological polar surface area (TPSA) is 55.7 Å². The van der Waals surface area contributed by atoms with Crippen LogP contribution >= 0.6 is 0 Å². The zero-order chi connectivity index (χ0) is 17.3. The van der Waals surface area contributed by atoms with Gasteiger partial charge in [0.15, 0.2) is 0 Å². The Kier molecular flexibility index (Phi) is 3.97. The number of benzene rings is 2. The number of anilines is 1. The van der Waals surface area contributed by atoms with Crippen molar-refractivity contribution in [2.45, 2.75) is 19.3 Å². The van der Waals surface area contributed by atoms with Gasteiger partial charge in [0.2, 0.25) is 0 Å². The summed E-state index contributed by atoms with van der Waals surface area (Å²) in [5, 5.41) is 10.9. The molecule has 0 amide bonds. The van der Waals surface area contributed by atoms with Crippen LogP contribution in [0.1, 0.15) is 29.8 Å². The first kappa shape index (κ1) is 16.0. The molecule has 0 saturated carbocycles. The molecule has 3 rings (SSSR count). The molecule has 4 heteroatoms. The van der Waals surface area contributed by atoms with Gasteiger partial charge in [0, 0.05) is 30.1 Å². The molecule has 1 heterocycles. The van der Waals surface area contributed by atoms with Crippen LogP contribution in [0, 0.1) is 0 Å².